The Morgan fingerprint density at radius 1 is 1.30 bits per heavy atom. The van der Waals surface area contributed by atoms with Crippen LogP contribution in [-0.2, 0) is 9.47 Å². The molecular formula is C15H29N3O2. The number of hydrogen-bond acceptors (Lipinski definition) is 5. The molecule has 0 aromatic carbocycles. The molecule has 0 spiro atoms. The fraction of sp³-hybridized carbons (Fsp3) is 0.933. The lowest BCUT2D eigenvalue weighted by molar-refractivity contribution is 0.0763. The number of methoxy groups -OCH3 is 2. The van der Waals surface area contributed by atoms with Crippen LogP contribution in [0.15, 0.2) is 0 Å². The van der Waals surface area contributed by atoms with Crippen LogP contribution in [-0.4, -0.2) is 64.1 Å². The first kappa shape index (κ1) is 17.4. The molecule has 0 aromatic rings. The average Bonchev–Trinajstić information content (AvgIpc) is 2.50. The molecule has 0 heterocycles. The minimum absolute atomic E-state index is 0.352. The Bertz CT molecular complexity index is 306. The summed E-state index contributed by atoms with van der Waals surface area (Å²) in [6, 6.07) is 2.94. The van der Waals surface area contributed by atoms with Crippen LogP contribution in [0, 0.1) is 11.3 Å². The van der Waals surface area contributed by atoms with E-state index in [0.717, 1.165) is 52.0 Å². The normalized spacial score (nSPS) is 26.6. The predicted molar refractivity (Wildman–Crippen MR) is 79.6 cm³/mol. The predicted octanol–water partition coefficient (Wildman–Crippen LogP) is 1.40. The summed E-state index contributed by atoms with van der Waals surface area (Å²) < 4.78 is 10.4. The van der Waals surface area contributed by atoms with Gasteiger partial charge in [0, 0.05) is 40.0 Å². The Morgan fingerprint density at radius 2 is 2.05 bits per heavy atom. The van der Waals surface area contributed by atoms with Crippen molar-refractivity contribution in [3.63, 3.8) is 0 Å². The SMILES string of the molecule is CNC1(C#N)CCCC(N(CCCOC)CCOC)C1. The maximum Gasteiger partial charge on any atom is 0.108 e. The summed E-state index contributed by atoms with van der Waals surface area (Å²) in [5, 5.41) is 12.7. The smallest absolute Gasteiger partial charge is 0.108 e. The van der Waals surface area contributed by atoms with E-state index in [2.05, 4.69) is 16.3 Å². The molecule has 1 saturated carbocycles. The van der Waals surface area contributed by atoms with Crippen molar-refractivity contribution >= 4 is 0 Å². The third-order valence-corrected chi connectivity index (χ3v) is 4.31. The van der Waals surface area contributed by atoms with E-state index in [-0.39, 0.29) is 5.54 Å². The Balaban J connectivity index is 2.61. The molecule has 2 atom stereocenters. The molecule has 0 aromatic heterocycles. The molecule has 1 fully saturated rings. The molecule has 5 nitrogen and oxygen atoms in total. The molecule has 1 N–H and O–H groups in total. The number of nitriles is 1. The second-order valence-corrected chi connectivity index (χ2v) is 5.57. The molecule has 0 amide bonds. The molecule has 0 aliphatic heterocycles. The Kier molecular flexibility index (Phi) is 8.08. The molecule has 0 saturated heterocycles. The van der Waals surface area contributed by atoms with Gasteiger partial charge in [0.05, 0.1) is 12.7 Å². The van der Waals surface area contributed by atoms with Gasteiger partial charge in [0.1, 0.15) is 5.54 Å². The Hall–Kier alpha value is -0.670. The van der Waals surface area contributed by atoms with Crippen molar-refractivity contribution in [2.75, 3.05) is 47.6 Å². The zero-order valence-corrected chi connectivity index (χ0v) is 13.2. The van der Waals surface area contributed by atoms with Crippen molar-refractivity contribution in [1.29, 1.82) is 5.26 Å². The third-order valence-electron chi connectivity index (χ3n) is 4.31. The second kappa shape index (κ2) is 9.30. The van der Waals surface area contributed by atoms with Gasteiger partial charge < -0.3 is 14.8 Å². The molecule has 0 radical (unpaired) electrons. The standard InChI is InChI=1S/C15H29N3O2/c1-17-15(13-16)7-4-6-14(12-15)18(9-11-20-3)8-5-10-19-2/h14,17H,4-12H2,1-3H3. The number of nitrogens with one attached hydrogen (secondary N) is 1. The highest BCUT2D eigenvalue weighted by molar-refractivity contribution is 5.10. The van der Waals surface area contributed by atoms with Crippen molar-refractivity contribution in [3.05, 3.63) is 0 Å². The Morgan fingerprint density at radius 3 is 2.65 bits per heavy atom. The summed E-state index contributed by atoms with van der Waals surface area (Å²) in [5.41, 5.74) is -0.352. The lowest BCUT2D eigenvalue weighted by Gasteiger charge is -2.41. The van der Waals surface area contributed by atoms with Crippen LogP contribution in [0.1, 0.15) is 32.1 Å². The van der Waals surface area contributed by atoms with Crippen LogP contribution < -0.4 is 5.32 Å². The van der Waals surface area contributed by atoms with Crippen molar-refractivity contribution in [2.45, 2.75) is 43.7 Å². The van der Waals surface area contributed by atoms with Crippen molar-refractivity contribution < 1.29 is 9.47 Å². The van der Waals surface area contributed by atoms with Crippen LogP contribution in [0.5, 0.6) is 0 Å². The molecule has 1 aliphatic rings. The van der Waals surface area contributed by atoms with E-state index >= 15 is 0 Å². The molecule has 20 heavy (non-hydrogen) atoms. The largest absolute Gasteiger partial charge is 0.385 e. The number of rotatable bonds is 9. The van der Waals surface area contributed by atoms with Gasteiger partial charge in [0.25, 0.3) is 0 Å². The highest BCUT2D eigenvalue weighted by atomic mass is 16.5. The first-order valence-corrected chi connectivity index (χ1v) is 7.53. The molecule has 1 rings (SSSR count). The third kappa shape index (κ3) is 5.02. The minimum Gasteiger partial charge on any atom is -0.385 e. The summed E-state index contributed by atoms with van der Waals surface area (Å²) in [5.74, 6) is 0. The van der Waals surface area contributed by atoms with Crippen molar-refractivity contribution in [1.82, 2.24) is 10.2 Å². The first-order valence-electron chi connectivity index (χ1n) is 7.53. The van der Waals surface area contributed by atoms with Crippen molar-refractivity contribution in [3.8, 4) is 6.07 Å². The molecule has 116 valence electrons. The first-order chi connectivity index (χ1) is 9.71. The highest BCUT2D eigenvalue weighted by Gasteiger charge is 2.37. The summed E-state index contributed by atoms with van der Waals surface area (Å²) in [4.78, 5) is 2.46. The van der Waals surface area contributed by atoms with Gasteiger partial charge in [-0.15, -0.1) is 0 Å². The molecule has 2 unspecified atom stereocenters. The van der Waals surface area contributed by atoms with Gasteiger partial charge in [-0.05, 0) is 39.2 Å². The van der Waals surface area contributed by atoms with E-state index in [0.29, 0.717) is 6.04 Å². The van der Waals surface area contributed by atoms with E-state index in [1.54, 1.807) is 14.2 Å². The zero-order chi connectivity index (χ0) is 14.8. The number of nitrogens with zero attached hydrogens (tertiary/aromatic N) is 2. The van der Waals surface area contributed by atoms with Crippen LogP contribution in [0.4, 0.5) is 0 Å². The van der Waals surface area contributed by atoms with Crippen LogP contribution in [0.25, 0.3) is 0 Å². The van der Waals surface area contributed by atoms with Gasteiger partial charge in [-0.1, -0.05) is 0 Å². The zero-order valence-electron chi connectivity index (χ0n) is 13.2. The molecule has 5 heteroatoms. The topological polar surface area (TPSA) is 57.5 Å². The van der Waals surface area contributed by atoms with E-state index in [4.69, 9.17) is 9.47 Å². The Labute approximate surface area is 123 Å². The molecular weight excluding hydrogens is 254 g/mol. The lowest BCUT2D eigenvalue weighted by atomic mass is 9.79. The van der Waals surface area contributed by atoms with E-state index in [1.165, 1.54) is 6.42 Å². The van der Waals surface area contributed by atoms with Crippen LogP contribution in [0.3, 0.4) is 0 Å². The highest BCUT2D eigenvalue weighted by Crippen LogP contribution is 2.30. The quantitative estimate of drug-likeness (QED) is 0.648. The van der Waals surface area contributed by atoms with E-state index in [9.17, 15) is 5.26 Å². The maximum absolute atomic E-state index is 9.46. The number of ether oxygens (including phenoxy) is 2. The van der Waals surface area contributed by atoms with E-state index in [1.807, 2.05) is 7.05 Å². The second-order valence-electron chi connectivity index (χ2n) is 5.57. The van der Waals surface area contributed by atoms with Gasteiger partial charge >= 0.3 is 0 Å². The summed E-state index contributed by atoms with van der Waals surface area (Å²) in [6.45, 7) is 3.46. The maximum atomic E-state index is 9.46. The van der Waals surface area contributed by atoms with Gasteiger partial charge in [-0.2, -0.15) is 5.26 Å². The summed E-state index contributed by atoms with van der Waals surface area (Å²) in [6.07, 6.45) is 5.15. The monoisotopic (exact) mass is 283 g/mol. The average molecular weight is 283 g/mol. The lowest BCUT2D eigenvalue weighted by Crippen LogP contribution is -2.52. The molecule has 0 bridgehead atoms. The summed E-state index contributed by atoms with van der Waals surface area (Å²) >= 11 is 0. The van der Waals surface area contributed by atoms with Gasteiger partial charge in [0.15, 0.2) is 0 Å². The van der Waals surface area contributed by atoms with Gasteiger partial charge in [0.2, 0.25) is 0 Å². The number of hydrogen-bond donors (Lipinski definition) is 1. The minimum atomic E-state index is -0.352. The van der Waals surface area contributed by atoms with Crippen LogP contribution in [0.2, 0.25) is 0 Å². The summed E-state index contributed by atoms with van der Waals surface area (Å²) in [7, 11) is 5.37. The van der Waals surface area contributed by atoms with Crippen molar-refractivity contribution in [2.24, 2.45) is 0 Å². The van der Waals surface area contributed by atoms with Crippen LogP contribution >= 0.6 is 0 Å². The fourth-order valence-corrected chi connectivity index (χ4v) is 3.04. The fourth-order valence-electron chi connectivity index (χ4n) is 3.04. The van der Waals surface area contributed by atoms with E-state index < -0.39 is 0 Å². The van der Waals surface area contributed by atoms with Gasteiger partial charge in [-0.3, -0.25) is 4.90 Å². The molecule has 1 aliphatic carbocycles. The van der Waals surface area contributed by atoms with Gasteiger partial charge in [-0.25, -0.2) is 0 Å².